The zero-order chi connectivity index (χ0) is 19.3. The first-order chi connectivity index (χ1) is 13.0. The minimum atomic E-state index is -0.0667. The third kappa shape index (κ3) is 5.45. The van der Waals surface area contributed by atoms with E-state index in [0.29, 0.717) is 18.3 Å². The van der Waals surface area contributed by atoms with Gasteiger partial charge in [0, 0.05) is 31.2 Å². The van der Waals surface area contributed by atoms with Crippen LogP contribution in [0.15, 0.2) is 5.16 Å². The van der Waals surface area contributed by atoms with Crippen molar-refractivity contribution in [3.8, 4) is 0 Å². The van der Waals surface area contributed by atoms with Crippen molar-refractivity contribution in [2.45, 2.75) is 69.6 Å². The summed E-state index contributed by atoms with van der Waals surface area (Å²) in [5.41, 5.74) is -0.0667. The Labute approximate surface area is 166 Å². The number of carbonyl (C=O) groups excluding carboxylic acids is 1. The van der Waals surface area contributed by atoms with E-state index in [2.05, 4.69) is 38.8 Å². The van der Waals surface area contributed by atoms with Gasteiger partial charge in [0.05, 0.1) is 19.0 Å². The van der Waals surface area contributed by atoms with Gasteiger partial charge in [0.25, 0.3) is 0 Å². The van der Waals surface area contributed by atoms with Gasteiger partial charge in [-0.3, -0.25) is 9.69 Å². The molecule has 1 amide bonds. The Kier molecular flexibility index (Phi) is 7.16. The van der Waals surface area contributed by atoms with Gasteiger partial charge in [-0.1, -0.05) is 31.0 Å². The lowest BCUT2D eigenvalue weighted by Gasteiger charge is -2.40. The topological polar surface area (TPSA) is 72.3 Å². The molecular formula is C19H33N5O2S. The number of morpholine rings is 1. The summed E-state index contributed by atoms with van der Waals surface area (Å²) in [6.07, 6.45) is 6.23. The van der Waals surface area contributed by atoms with Gasteiger partial charge in [-0.15, -0.1) is 10.2 Å². The molecule has 2 fully saturated rings. The second kappa shape index (κ2) is 9.39. The van der Waals surface area contributed by atoms with Crippen molar-refractivity contribution < 1.29 is 9.53 Å². The van der Waals surface area contributed by atoms with Gasteiger partial charge in [0.15, 0.2) is 5.16 Å². The molecule has 1 saturated heterocycles. The largest absolute Gasteiger partial charge is 0.379 e. The first-order valence-corrected chi connectivity index (χ1v) is 11.1. The molecule has 152 valence electrons. The zero-order valence-electron chi connectivity index (χ0n) is 16.9. The Morgan fingerprint density at radius 3 is 2.63 bits per heavy atom. The summed E-state index contributed by atoms with van der Waals surface area (Å²) in [6.45, 7) is 10.4. The van der Waals surface area contributed by atoms with Crippen molar-refractivity contribution in [1.29, 1.82) is 0 Å². The molecule has 0 bridgehead atoms. The van der Waals surface area contributed by atoms with Gasteiger partial charge in [-0.2, -0.15) is 0 Å². The highest BCUT2D eigenvalue weighted by molar-refractivity contribution is 7.99. The lowest BCUT2D eigenvalue weighted by Crippen LogP contribution is -2.55. The number of aromatic nitrogens is 3. The lowest BCUT2D eigenvalue weighted by molar-refractivity contribution is -0.119. The zero-order valence-corrected chi connectivity index (χ0v) is 17.7. The molecule has 0 atom stereocenters. The van der Waals surface area contributed by atoms with E-state index in [1.54, 1.807) is 0 Å². The van der Waals surface area contributed by atoms with E-state index in [9.17, 15) is 4.79 Å². The van der Waals surface area contributed by atoms with E-state index in [1.165, 1.54) is 43.9 Å². The highest BCUT2D eigenvalue weighted by atomic mass is 32.2. The number of rotatable bonds is 7. The van der Waals surface area contributed by atoms with Gasteiger partial charge in [-0.25, -0.2) is 0 Å². The molecule has 1 aromatic heterocycles. The number of ether oxygens (including phenoxy) is 1. The quantitative estimate of drug-likeness (QED) is 0.715. The van der Waals surface area contributed by atoms with Crippen LogP contribution in [0.1, 0.15) is 57.8 Å². The second-order valence-electron chi connectivity index (χ2n) is 8.17. The van der Waals surface area contributed by atoms with Crippen LogP contribution in [0.5, 0.6) is 0 Å². The van der Waals surface area contributed by atoms with Gasteiger partial charge in [0.2, 0.25) is 5.91 Å². The molecular weight excluding hydrogens is 362 g/mol. The number of thioether (sulfide) groups is 1. The van der Waals surface area contributed by atoms with Crippen molar-refractivity contribution in [3.05, 3.63) is 5.82 Å². The summed E-state index contributed by atoms with van der Waals surface area (Å²) in [5, 5.41) is 12.6. The van der Waals surface area contributed by atoms with Crippen LogP contribution in [0.25, 0.3) is 0 Å². The van der Waals surface area contributed by atoms with Crippen molar-refractivity contribution in [1.82, 2.24) is 25.0 Å². The van der Waals surface area contributed by atoms with Crippen LogP contribution in [-0.2, 0) is 9.53 Å². The maximum Gasteiger partial charge on any atom is 0.230 e. The average Bonchev–Trinajstić information content (AvgIpc) is 3.06. The molecule has 1 saturated carbocycles. The first kappa shape index (κ1) is 20.6. The molecule has 27 heavy (non-hydrogen) atoms. The van der Waals surface area contributed by atoms with Gasteiger partial charge in [0.1, 0.15) is 5.82 Å². The molecule has 1 N–H and O–H groups in total. The standard InChI is InChI=1S/C19H33N5O2S/c1-15-21-22-18(24(15)16-7-5-4-6-8-16)27-13-17(25)20-14-19(2,3)23-9-11-26-12-10-23/h16H,4-14H2,1-3H3,(H,20,25). The Morgan fingerprint density at radius 2 is 1.93 bits per heavy atom. The van der Waals surface area contributed by atoms with E-state index >= 15 is 0 Å². The van der Waals surface area contributed by atoms with E-state index in [1.807, 2.05) is 6.92 Å². The molecule has 8 heteroatoms. The Bertz CT molecular complexity index is 622. The summed E-state index contributed by atoms with van der Waals surface area (Å²) in [7, 11) is 0. The fraction of sp³-hybridized carbons (Fsp3) is 0.842. The van der Waals surface area contributed by atoms with E-state index < -0.39 is 0 Å². The van der Waals surface area contributed by atoms with Crippen molar-refractivity contribution in [2.24, 2.45) is 0 Å². The Hall–Kier alpha value is -1.12. The Morgan fingerprint density at radius 1 is 1.22 bits per heavy atom. The van der Waals surface area contributed by atoms with E-state index in [-0.39, 0.29) is 11.4 Å². The molecule has 3 rings (SSSR count). The number of amides is 1. The fourth-order valence-corrected chi connectivity index (χ4v) is 4.87. The predicted octanol–water partition coefficient (Wildman–Crippen LogP) is 2.41. The van der Waals surface area contributed by atoms with Crippen molar-refractivity contribution >= 4 is 17.7 Å². The number of hydrogen-bond donors (Lipinski definition) is 1. The number of aryl methyl sites for hydroxylation is 1. The van der Waals surface area contributed by atoms with Gasteiger partial charge in [-0.05, 0) is 33.6 Å². The molecule has 0 aromatic carbocycles. The van der Waals surface area contributed by atoms with E-state index in [0.717, 1.165) is 37.3 Å². The van der Waals surface area contributed by atoms with Crippen LogP contribution in [-0.4, -0.2) is 69.7 Å². The summed E-state index contributed by atoms with van der Waals surface area (Å²) < 4.78 is 7.67. The highest BCUT2D eigenvalue weighted by Crippen LogP contribution is 2.32. The number of carbonyl (C=O) groups is 1. The third-order valence-electron chi connectivity index (χ3n) is 5.69. The van der Waals surface area contributed by atoms with Crippen LogP contribution in [0.2, 0.25) is 0 Å². The van der Waals surface area contributed by atoms with E-state index in [4.69, 9.17) is 4.74 Å². The molecule has 1 aromatic rings. The third-order valence-corrected chi connectivity index (χ3v) is 6.64. The van der Waals surface area contributed by atoms with Crippen molar-refractivity contribution in [3.63, 3.8) is 0 Å². The number of hydrogen-bond acceptors (Lipinski definition) is 6. The summed E-state index contributed by atoms with van der Waals surface area (Å²) in [6, 6.07) is 0.486. The molecule has 1 aliphatic heterocycles. The summed E-state index contributed by atoms with van der Waals surface area (Å²) in [5.74, 6) is 1.39. The summed E-state index contributed by atoms with van der Waals surface area (Å²) >= 11 is 1.50. The van der Waals surface area contributed by atoms with Crippen LogP contribution in [0, 0.1) is 6.92 Å². The SMILES string of the molecule is Cc1nnc(SCC(=O)NCC(C)(C)N2CCOCC2)n1C1CCCCC1. The smallest absolute Gasteiger partial charge is 0.230 e. The molecule has 2 heterocycles. The normalized spacial score (nSPS) is 20.0. The second-order valence-corrected chi connectivity index (χ2v) is 9.11. The minimum Gasteiger partial charge on any atom is -0.379 e. The predicted molar refractivity (Wildman–Crippen MR) is 107 cm³/mol. The lowest BCUT2D eigenvalue weighted by atomic mass is 9.95. The average molecular weight is 396 g/mol. The van der Waals surface area contributed by atoms with Crippen LogP contribution < -0.4 is 5.32 Å². The first-order valence-electron chi connectivity index (χ1n) is 10.1. The van der Waals surface area contributed by atoms with Crippen LogP contribution in [0.3, 0.4) is 0 Å². The fourth-order valence-electron chi connectivity index (χ4n) is 3.98. The monoisotopic (exact) mass is 395 g/mol. The summed E-state index contributed by atoms with van der Waals surface area (Å²) in [4.78, 5) is 14.8. The van der Waals surface area contributed by atoms with Gasteiger partial charge >= 0.3 is 0 Å². The van der Waals surface area contributed by atoms with Crippen LogP contribution >= 0.6 is 11.8 Å². The maximum atomic E-state index is 12.4. The van der Waals surface area contributed by atoms with Gasteiger partial charge < -0.3 is 14.6 Å². The minimum absolute atomic E-state index is 0.0529. The highest BCUT2D eigenvalue weighted by Gasteiger charge is 2.28. The van der Waals surface area contributed by atoms with Crippen molar-refractivity contribution in [2.75, 3.05) is 38.6 Å². The molecule has 2 aliphatic rings. The molecule has 7 nitrogen and oxygen atoms in total. The molecule has 0 unspecified atom stereocenters. The number of nitrogens with zero attached hydrogens (tertiary/aromatic N) is 4. The maximum absolute atomic E-state index is 12.4. The molecule has 1 aliphatic carbocycles. The van der Waals surface area contributed by atoms with Crippen LogP contribution in [0.4, 0.5) is 0 Å². The molecule has 0 spiro atoms. The number of nitrogens with one attached hydrogen (secondary N) is 1. The molecule has 0 radical (unpaired) electrons. The Balaban J connectivity index is 1.49.